The second-order valence-corrected chi connectivity index (χ2v) is 5.47. The number of rotatable bonds is 4. The summed E-state index contributed by atoms with van der Waals surface area (Å²) >= 11 is 0. The van der Waals surface area contributed by atoms with Gasteiger partial charge in [-0.3, -0.25) is 0 Å². The Morgan fingerprint density at radius 3 is 2.20 bits per heavy atom. The quantitative estimate of drug-likeness (QED) is 0.768. The number of benzene rings is 1. The minimum atomic E-state index is -3.15. The number of hydrogen-bond acceptors (Lipinski definition) is 4. The number of hydrogen-bond donors (Lipinski definition) is 2. The van der Waals surface area contributed by atoms with Gasteiger partial charge in [-0.15, -0.1) is 0 Å². The van der Waals surface area contributed by atoms with E-state index < -0.39 is 9.84 Å². The van der Waals surface area contributed by atoms with Crippen LogP contribution in [0.2, 0.25) is 0 Å². The van der Waals surface area contributed by atoms with Gasteiger partial charge in [0.25, 0.3) is 0 Å². The van der Waals surface area contributed by atoms with Gasteiger partial charge in [0.15, 0.2) is 9.84 Å². The van der Waals surface area contributed by atoms with Crippen molar-refractivity contribution in [3.05, 3.63) is 29.8 Å². The summed E-state index contributed by atoms with van der Waals surface area (Å²) in [7, 11) is -3.15. The number of aliphatic hydroxyl groups excluding tert-OH is 1. The highest BCUT2D eigenvalue weighted by Gasteiger charge is 2.10. The van der Waals surface area contributed by atoms with Crippen molar-refractivity contribution in [3.8, 4) is 0 Å². The van der Waals surface area contributed by atoms with Crippen molar-refractivity contribution in [2.24, 2.45) is 5.73 Å². The summed E-state index contributed by atoms with van der Waals surface area (Å²) in [6.45, 7) is 0.309. The zero-order valence-electron chi connectivity index (χ0n) is 8.55. The van der Waals surface area contributed by atoms with Crippen LogP contribution >= 0.6 is 0 Å². The van der Waals surface area contributed by atoms with E-state index in [1.165, 1.54) is 12.1 Å². The standard InChI is InChI=1S/C10H15NO3S/c1-15(13,14)10-4-2-8(3-5-10)9(6-11)7-12/h2-5,9,12H,6-7,11H2,1H3. The summed E-state index contributed by atoms with van der Waals surface area (Å²) in [5, 5.41) is 9.01. The van der Waals surface area contributed by atoms with Crippen LogP contribution < -0.4 is 5.73 Å². The van der Waals surface area contributed by atoms with E-state index in [-0.39, 0.29) is 17.4 Å². The molecule has 4 nitrogen and oxygen atoms in total. The molecule has 0 heterocycles. The van der Waals surface area contributed by atoms with E-state index in [2.05, 4.69) is 0 Å². The van der Waals surface area contributed by atoms with Crippen molar-refractivity contribution in [1.82, 2.24) is 0 Å². The fourth-order valence-corrected chi connectivity index (χ4v) is 1.93. The molecule has 0 aliphatic heterocycles. The second-order valence-electron chi connectivity index (χ2n) is 3.46. The van der Waals surface area contributed by atoms with E-state index >= 15 is 0 Å². The molecule has 5 heteroatoms. The van der Waals surface area contributed by atoms with Gasteiger partial charge in [0.2, 0.25) is 0 Å². The van der Waals surface area contributed by atoms with Crippen LogP contribution in [-0.2, 0) is 9.84 Å². The molecule has 0 saturated carbocycles. The topological polar surface area (TPSA) is 80.4 Å². The maximum Gasteiger partial charge on any atom is 0.175 e. The first-order chi connectivity index (χ1) is 6.99. The molecule has 0 aliphatic carbocycles. The van der Waals surface area contributed by atoms with E-state index in [0.29, 0.717) is 6.54 Å². The van der Waals surface area contributed by atoms with Crippen LogP contribution in [0.4, 0.5) is 0 Å². The Labute approximate surface area is 89.7 Å². The Morgan fingerprint density at radius 2 is 1.87 bits per heavy atom. The molecule has 0 fully saturated rings. The Morgan fingerprint density at radius 1 is 1.33 bits per heavy atom. The Hall–Kier alpha value is -0.910. The van der Waals surface area contributed by atoms with Gasteiger partial charge in [-0.25, -0.2) is 8.42 Å². The molecule has 3 N–H and O–H groups in total. The minimum absolute atomic E-state index is 0.0330. The van der Waals surface area contributed by atoms with Gasteiger partial charge in [-0.1, -0.05) is 12.1 Å². The predicted octanol–water partition coefficient (Wildman–Crippen LogP) is 0.125. The molecule has 1 aromatic rings. The van der Waals surface area contributed by atoms with Crippen LogP contribution in [0.25, 0.3) is 0 Å². The summed E-state index contributed by atoms with van der Waals surface area (Å²) in [6.07, 6.45) is 1.16. The SMILES string of the molecule is CS(=O)(=O)c1ccc(C(CN)CO)cc1. The predicted molar refractivity (Wildman–Crippen MR) is 58.4 cm³/mol. The van der Waals surface area contributed by atoms with Crippen molar-refractivity contribution in [2.75, 3.05) is 19.4 Å². The third-order valence-corrected chi connectivity index (χ3v) is 3.41. The maximum atomic E-state index is 11.2. The molecule has 0 spiro atoms. The molecule has 15 heavy (non-hydrogen) atoms. The van der Waals surface area contributed by atoms with Gasteiger partial charge in [0.1, 0.15) is 0 Å². The van der Waals surface area contributed by atoms with Crippen LogP contribution in [0, 0.1) is 0 Å². The van der Waals surface area contributed by atoms with Crippen LogP contribution in [0.3, 0.4) is 0 Å². The van der Waals surface area contributed by atoms with E-state index in [1.54, 1.807) is 12.1 Å². The molecule has 84 valence electrons. The molecular formula is C10H15NO3S. The van der Waals surface area contributed by atoms with Gasteiger partial charge >= 0.3 is 0 Å². The van der Waals surface area contributed by atoms with Gasteiger partial charge in [0, 0.05) is 18.7 Å². The van der Waals surface area contributed by atoms with E-state index in [9.17, 15) is 8.42 Å². The third-order valence-electron chi connectivity index (χ3n) is 2.28. The summed E-state index contributed by atoms with van der Waals surface area (Å²) in [4.78, 5) is 0.278. The molecule has 0 aliphatic rings. The van der Waals surface area contributed by atoms with Crippen molar-refractivity contribution in [2.45, 2.75) is 10.8 Å². The number of aliphatic hydroxyl groups is 1. The number of sulfone groups is 1. The van der Waals surface area contributed by atoms with Crippen LogP contribution in [0.15, 0.2) is 29.2 Å². The smallest absolute Gasteiger partial charge is 0.175 e. The van der Waals surface area contributed by atoms with E-state index in [1.807, 2.05) is 0 Å². The molecule has 0 bridgehead atoms. The van der Waals surface area contributed by atoms with Crippen molar-refractivity contribution in [3.63, 3.8) is 0 Å². The molecule has 0 radical (unpaired) electrons. The zero-order valence-corrected chi connectivity index (χ0v) is 9.37. The lowest BCUT2D eigenvalue weighted by atomic mass is 10.0. The summed E-state index contributed by atoms with van der Waals surface area (Å²) in [5.41, 5.74) is 6.31. The fraction of sp³-hybridized carbons (Fsp3) is 0.400. The van der Waals surface area contributed by atoms with Crippen molar-refractivity contribution >= 4 is 9.84 Å². The molecule has 1 atom stereocenters. The highest BCUT2D eigenvalue weighted by atomic mass is 32.2. The number of nitrogens with two attached hydrogens (primary N) is 1. The Kier molecular flexibility index (Phi) is 3.84. The lowest BCUT2D eigenvalue weighted by molar-refractivity contribution is 0.268. The fourth-order valence-electron chi connectivity index (χ4n) is 1.30. The first-order valence-electron chi connectivity index (χ1n) is 4.60. The van der Waals surface area contributed by atoms with Crippen molar-refractivity contribution in [1.29, 1.82) is 0 Å². The molecule has 0 amide bonds. The highest BCUT2D eigenvalue weighted by molar-refractivity contribution is 7.90. The monoisotopic (exact) mass is 229 g/mol. The minimum Gasteiger partial charge on any atom is -0.396 e. The Bertz CT molecular complexity index is 407. The van der Waals surface area contributed by atoms with Gasteiger partial charge in [-0.05, 0) is 17.7 Å². The van der Waals surface area contributed by atoms with Crippen LogP contribution in [-0.4, -0.2) is 32.9 Å². The molecular weight excluding hydrogens is 214 g/mol. The van der Waals surface area contributed by atoms with Crippen molar-refractivity contribution < 1.29 is 13.5 Å². The molecule has 1 unspecified atom stereocenters. The lowest BCUT2D eigenvalue weighted by Crippen LogP contribution is -2.16. The lowest BCUT2D eigenvalue weighted by Gasteiger charge is -2.11. The first kappa shape index (κ1) is 12.2. The van der Waals surface area contributed by atoms with Gasteiger partial charge < -0.3 is 10.8 Å². The summed E-state index contributed by atoms with van der Waals surface area (Å²) < 4.78 is 22.4. The zero-order chi connectivity index (χ0) is 11.5. The van der Waals surface area contributed by atoms with E-state index in [0.717, 1.165) is 11.8 Å². The first-order valence-corrected chi connectivity index (χ1v) is 6.49. The third kappa shape index (κ3) is 3.02. The average molecular weight is 229 g/mol. The molecule has 1 aromatic carbocycles. The van der Waals surface area contributed by atoms with E-state index in [4.69, 9.17) is 10.8 Å². The molecule has 0 aromatic heterocycles. The molecule has 1 rings (SSSR count). The maximum absolute atomic E-state index is 11.2. The highest BCUT2D eigenvalue weighted by Crippen LogP contribution is 2.17. The molecule has 0 saturated heterocycles. The van der Waals surface area contributed by atoms with Crippen LogP contribution in [0.5, 0.6) is 0 Å². The normalized spacial score (nSPS) is 13.8. The average Bonchev–Trinajstić information content (AvgIpc) is 2.19. The summed E-state index contributed by atoms with van der Waals surface area (Å²) in [5.74, 6) is -0.126. The second kappa shape index (κ2) is 4.74. The van der Waals surface area contributed by atoms with Crippen LogP contribution in [0.1, 0.15) is 11.5 Å². The van der Waals surface area contributed by atoms with Gasteiger partial charge in [-0.2, -0.15) is 0 Å². The van der Waals surface area contributed by atoms with Gasteiger partial charge in [0.05, 0.1) is 11.5 Å². The Balaban J connectivity index is 3.00. The largest absolute Gasteiger partial charge is 0.396 e. The summed E-state index contributed by atoms with van der Waals surface area (Å²) in [6, 6.07) is 6.43.